The predicted octanol–water partition coefficient (Wildman–Crippen LogP) is 3.61. The molecule has 0 aromatic heterocycles. The van der Waals surface area contributed by atoms with Crippen LogP contribution in [0.25, 0.3) is 0 Å². The van der Waals surface area contributed by atoms with E-state index in [-0.39, 0.29) is 24.4 Å². The van der Waals surface area contributed by atoms with Crippen LogP contribution in [-0.2, 0) is 11.2 Å². The maximum atomic E-state index is 12.7. The number of nitrogens with one attached hydrogen (secondary N) is 2. The molecule has 2 N–H and O–H groups in total. The second-order valence-corrected chi connectivity index (χ2v) is 6.99. The van der Waals surface area contributed by atoms with E-state index in [0.717, 1.165) is 37.2 Å². The number of hydrogen-bond acceptors (Lipinski definition) is 3. The van der Waals surface area contributed by atoms with Crippen LogP contribution < -0.4 is 15.5 Å². The second-order valence-electron chi connectivity index (χ2n) is 6.99. The van der Waals surface area contributed by atoms with E-state index in [4.69, 9.17) is 0 Å². The molecular weight excluding hydrogens is 338 g/mol. The van der Waals surface area contributed by atoms with Gasteiger partial charge >= 0.3 is 0 Å². The molecule has 0 bridgehead atoms. The molecule has 142 valence electrons. The zero-order valence-electron chi connectivity index (χ0n) is 16.0. The van der Waals surface area contributed by atoms with Gasteiger partial charge in [-0.3, -0.25) is 9.59 Å². The predicted molar refractivity (Wildman–Crippen MR) is 109 cm³/mol. The Bertz CT molecular complexity index is 801. The van der Waals surface area contributed by atoms with E-state index in [9.17, 15) is 9.59 Å². The number of para-hydroxylation sites is 1. The third-order valence-electron chi connectivity index (χ3n) is 4.99. The topological polar surface area (TPSA) is 61.4 Å². The van der Waals surface area contributed by atoms with Gasteiger partial charge in [0.25, 0.3) is 5.91 Å². The second kappa shape index (κ2) is 8.71. The Balaban J connectivity index is 1.58. The minimum atomic E-state index is -0.0723. The zero-order valence-corrected chi connectivity index (χ0v) is 16.0. The third kappa shape index (κ3) is 4.67. The minimum Gasteiger partial charge on any atom is -0.376 e. The van der Waals surface area contributed by atoms with Crippen molar-refractivity contribution in [3.8, 4) is 0 Å². The Hall–Kier alpha value is -2.82. The Morgan fingerprint density at radius 2 is 1.85 bits per heavy atom. The lowest BCUT2D eigenvalue weighted by molar-refractivity contribution is -0.117. The molecule has 5 nitrogen and oxygen atoms in total. The molecule has 27 heavy (non-hydrogen) atoms. The summed E-state index contributed by atoms with van der Waals surface area (Å²) < 4.78 is 0. The van der Waals surface area contributed by atoms with Crippen LogP contribution in [0, 0.1) is 0 Å². The number of fused-ring (bicyclic) bond motifs is 1. The number of carbonyl (C=O) groups excluding carboxylic acids is 2. The first kappa shape index (κ1) is 19.0. The lowest BCUT2D eigenvalue weighted by atomic mass is 10.0. The van der Waals surface area contributed by atoms with Crippen LogP contribution >= 0.6 is 0 Å². The van der Waals surface area contributed by atoms with Crippen molar-refractivity contribution in [3.05, 3.63) is 59.7 Å². The summed E-state index contributed by atoms with van der Waals surface area (Å²) in [4.78, 5) is 26.6. The summed E-state index contributed by atoms with van der Waals surface area (Å²) in [7, 11) is 0. The molecule has 0 saturated heterocycles. The lowest BCUT2D eigenvalue weighted by Gasteiger charge is -2.29. The van der Waals surface area contributed by atoms with Gasteiger partial charge in [0.1, 0.15) is 0 Å². The number of carbonyl (C=O) groups is 2. The Morgan fingerprint density at radius 3 is 2.59 bits per heavy atom. The van der Waals surface area contributed by atoms with Crippen LogP contribution in [0.3, 0.4) is 0 Å². The molecular formula is C22H27N3O2. The molecule has 5 heteroatoms. The average molecular weight is 365 g/mol. The summed E-state index contributed by atoms with van der Waals surface area (Å²) in [5, 5.41) is 6.12. The fourth-order valence-corrected chi connectivity index (χ4v) is 3.21. The average Bonchev–Trinajstić information content (AvgIpc) is 2.71. The Labute approximate surface area is 160 Å². The highest BCUT2D eigenvalue weighted by Gasteiger charge is 2.21. The summed E-state index contributed by atoms with van der Waals surface area (Å²) >= 11 is 0. The highest BCUT2D eigenvalue weighted by molar-refractivity contribution is 5.97. The number of aryl methyl sites for hydroxylation is 1. The van der Waals surface area contributed by atoms with Gasteiger partial charge in [-0.2, -0.15) is 0 Å². The van der Waals surface area contributed by atoms with Crippen LogP contribution in [0.5, 0.6) is 0 Å². The molecule has 0 saturated carbocycles. The van der Waals surface area contributed by atoms with Crippen LogP contribution in [0.2, 0.25) is 0 Å². The van der Waals surface area contributed by atoms with Crippen LogP contribution in [0.4, 0.5) is 11.4 Å². The maximum absolute atomic E-state index is 12.7. The molecule has 2 amide bonds. The standard InChI is InChI=1S/C22H27N3O2/c1-3-16(2)24-22(27)18-10-12-19(13-11-18)23-15-21(26)25-14-6-8-17-7-4-5-9-20(17)25/h4-5,7,9-13,16,23H,3,6,8,14-15H2,1-2H3,(H,24,27). The maximum Gasteiger partial charge on any atom is 0.251 e. The molecule has 0 fully saturated rings. The van der Waals surface area contributed by atoms with Crippen molar-refractivity contribution in [2.75, 3.05) is 23.3 Å². The van der Waals surface area contributed by atoms with Crippen molar-refractivity contribution in [1.29, 1.82) is 0 Å². The number of hydrogen-bond donors (Lipinski definition) is 2. The van der Waals surface area contributed by atoms with Gasteiger partial charge in [-0.1, -0.05) is 25.1 Å². The van der Waals surface area contributed by atoms with E-state index in [1.54, 1.807) is 12.1 Å². The molecule has 1 atom stereocenters. The van der Waals surface area contributed by atoms with Crippen molar-refractivity contribution in [1.82, 2.24) is 5.32 Å². The van der Waals surface area contributed by atoms with Gasteiger partial charge in [0, 0.05) is 29.5 Å². The van der Waals surface area contributed by atoms with Gasteiger partial charge in [0.15, 0.2) is 0 Å². The first-order valence-corrected chi connectivity index (χ1v) is 9.61. The zero-order chi connectivity index (χ0) is 19.2. The molecule has 0 spiro atoms. The molecule has 1 unspecified atom stereocenters. The fraction of sp³-hybridized carbons (Fsp3) is 0.364. The molecule has 0 radical (unpaired) electrons. The van der Waals surface area contributed by atoms with E-state index in [1.165, 1.54) is 5.56 Å². The summed E-state index contributed by atoms with van der Waals surface area (Å²) in [6.07, 6.45) is 2.91. The van der Waals surface area contributed by atoms with Crippen LogP contribution in [-0.4, -0.2) is 30.9 Å². The van der Waals surface area contributed by atoms with Gasteiger partial charge in [-0.05, 0) is 62.1 Å². The smallest absolute Gasteiger partial charge is 0.251 e. The van der Waals surface area contributed by atoms with Crippen LogP contribution in [0.1, 0.15) is 42.6 Å². The Morgan fingerprint density at radius 1 is 1.11 bits per heavy atom. The normalized spacial score (nSPS) is 14.2. The van der Waals surface area contributed by atoms with Crippen molar-refractivity contribution < 1.29 is 9.59 Å². The van der Waals surface area contributed by atoms with Gasteiger partial charge < -0.3 is 15.5 Å². The van der Waals surface area contributed by atoms with Gasteiger partial charge in [0.2, 0.25) is 5.91 Å². The number of rotatable bonds is 6. The molecule has 3 rings (SSSR count). The van der Waals surface area contributed by atoms with Crippen molar-refractivity contribution in [3.63, 3.8) is 0 Å². The molecule has 2 aromatic carbocycles. The molecule has 1 heterocycles. The molecule has 1 aliphatic heterocycles. The molecule has 2 aromatic rings. The number of nitrogens with zero attached hydrogens (tertiary/aromatic N) is 1. The fourth-order valence-electron chi connectivity index (χ4n) is 3.21. The van der Waals surface area contributed by atoms with Crippen LogP contribution in [0.15, 0.2) is 48.5 Å². The largest absolute Gasteiger partial charge is 0.376 e. The summed E-state index contributed by atoms with van der Waals surface area (Å²) in [6.45, 7) is 5.01. The SMILES string of the molecule is CCC(C)NC(=O)c1ccc(NCC(=O)N2CCCc3ccccc32)cc1. The quantitative estimate of drug-likeness (QED) is 0.822. The minimum absolute atomic E-state index is 0.0562. The Kier molecular flexibility index (Phi) is 6.12. The van der Waals surface area contributed by atoms with Gasteiger partial charge in [-0.25, -0.2) is 0 Å². The highest BCUT2D eigenvalue weighted by Crippen LogP contribution is 2.26. The molecule has 0 aliphatic carbocycles. The summed E-state index contributed by atoms with van der Waals surface area (Å²) in [5.74, 6) is -0.0161. The van der Waals surface area contributed by atoms with Crippen molar-refractivity contribution >= 4 is 23.2 Å². The lowest BCUT2D eigenvalue weighted by Crippen LogP contribution is -2.39. The number of anilines is 2. The monoisotopic (exact) mass is 365 g/mol. The van der Waals surface area contributed by atoms with E-state index < -0.39 is 0 Å². The van der Waals surface area contributed by atoms with E-state index in [0.29, 0.717) is 5.56 Å². The van der Waals surface area contributed by atoms with Crippen molar-refractivity contribution in [2.24, 2.45) is 0 Å². The van der Waals surface area contributed by atoms with E-state index in [1.807, 2.05) is 49.1 Å². The van der Waals surface area contributed by atoms with Crippen molar-refractivity contribution in [2.45, 2.75) is 39.2 Å². The van der Waals surface area contributed by atoms with E-state index in [2.05, 4.69) is 16.7 Å². The summed E-state index contributed by atoms with van der Waals surface area (Å²) in [6, 6.07) is 15.5. The summed E-state index contributed by atoms with van der Waals surface area (Å²) in [5.41, 5.74) is 3.70. The first-order chi connectivity index (χ1) is 13.1. The van der Waals surface area contributed by atoms with Gasteiger partial charge in [-0.15, -0.1) is 0 Å². The first-order valence-electron chi connectivity index (χ1n) is 9.61. The molecule has 1 aliphatic rings. The number of benzene rings is 2. The third-order valence-corrected chi connectivity index (χ3v) is 4.99. The van der Waals surface area contributed by atoms with Gasteiger partial charge in [0.05, 0.1) is 6.54 Å². The highest BCUT2D eigenvalue weighted by atomic mass is 16.2. The van der Waals surface area contributed by atoms with E-state index >= 15 is 0 Å². The number of amides is 2.